The predicted octanol–water partition coefficient (Wildman–Crippen LogP) is 4.19. The van der Waals surface area contributed by atoms with Gasteiger partial charge in [0, 0.05) is 13.1 Å². The van der Waals surface area contributed by atoms with E-state index in [0.29, 0.717) is 19.1 Å². The SMILES string of the molecule is CN1CCC(c2ccc3c(c2)CN(C(=O)OCc2ccccc2)CC3)CC1. The number of likely N-dealkylation sites (tertiary alicyclic amines) is 1. The van der Waals surface area contributed by atoms with E-state index in [9.17, 15) is 4.79 Å². The Labute approximate surface area is 161 Å². The third kappa shape index (κ3) is 4.33. The molecule has 1 amide bonds. The van der Waals surface area contributed by atoms with Crippen LogP contribution in [0.3, 0.4) is 0 Å². The molecule has 2 aromatic carbocycles. The summed E-state index contributed by atoms with van der Waals surface area (Å²) in [5.41, 5.74) is 5.11. The highest BCUT2D eigenvalue weighted by Gasteiger charge is 2.24. The van der Waals surface area contributed by atoms with Gasteiger partial charge in [0.25, 0.3) is 0 Å². The van der Waals surface area contributed by atoms with E-state index in [-0.39, 0.29) is 6.09 Å². The van der Waals surface area contributed by atoms with Gasteiger partial charge >= 0.3 is 6.09 Å². The number of ether oxygens (including phenoxy) is 1. The van der Waals surface area contributed by atoms with E-state index < -0.39 is 0 Å². The molecule has 27 heavy (non-hydrogen) atoms. The third-order valence-corrected chi connectivity index (χ3v) is 5.90. The van der Waals surface area contributed by atoms with Crippen molar-refractivity contribution in [2.45, 2.75) is 38.3 Å². The zero-order chi connectivity index (χ0) is 18.6. The number of benzene rings is 2. The molecule has 0 atom stereocenters. The van der Waals surface area contributed by atoms with Crippen LogP contribution in [0, 0.1) is 0 Å². The van der Waals surface area contributed by atoms with Gasteiger partial charge in [-0.2, -0.15) is 0 Å². The second kappa shape index (κ2) is 8.13. The molecular weight excluding hydrogens is 336 g/mol. The zero-order valence-corrected chi connectivity index (χ0v) is 16.1. The first kappa shape index (κ1) is 18.1. The highest BCUT2D eigenvalue weighted by Crippen LogP contribution is 2.30. The maximum atomic E-state index is 12.5. The Morgan fingerprint density at radius 2 is 1.81 bits per heavy atom. The second-order valence-electron chi connectivity index (χ2n) is 7.82. The Morgan fingerprint density at radius 3 is 2.59 bits per heavy atom. The summed E-state index contributed by atoms with van der Waals surface area (Å²) >= 11 is 0. The molecule has 4 rings (SSSR count). The fraction of sp³-hybridized carbons (Fsp3) is 0.435. The van der Waals surface area contributed by atoms with Crippen molar-refractivity contribution in [3.05, 3.63) is 70.8 Å². The van der Waals surface area contributed by atoms with Gasteiger partial charge in [0.05, 0.1) is 0 Å². The second-order valence-corrected chi connectivity index (χ2v) is 7.82. The maximum absolute atomic E-state index is 12.5. The fourth-order valence-electron chi connectivity index (χ4n) is 4.14. The average Bonchev–Trinajstić information content (AvgIpc) is 2.72. The van der Waals surface area contributed by atoms with Crippen LogP contribution in [0.15, 0.2) is 48.5 Å². The predicted molar refractivity (Wildman–Crippen MR) is 107 cm³/mol. The molecule has 0 radical (unpaired) electrons. The van der Waals surface area contributed by atoms with Crippen LogP contribution >= 0.6 is 0 Å². The van der Waals surface area contributed by atoms with Gasteiger partial charge in [0.15, 0.2) is 0 Å². The van der Waals surface area contributed by atoms with E-state index in [2.05, 4.69) is 30.1 Å². The quantitative estimate of drug-likeness (QED) is 0.819. The fourth-order valence-corrected chi connectivity index (χ4v) is 4.14. The Kier molecular flexibility index (Phi) is 5.44. The molecule has 4 nitrogen and oxygen atoms in total. The first-order valence-corrected chi connectivity index (χ1v) is 9.95. The van der Waals surface area contributed by atoms with Crippen LogP contribution < -0.4 is 0 Å². The minimum Gasteiger partial charge on any atom is -0.445 e. The normalized spacial score (nSPS) is 18.2. The van der Waals surface area contributed by atoms with E-state index in [1.54, 1.807) is 0 Å². The number of hydrogen-bond donors (Lipinski definition) is 0. The van der Waals surface area contributed by atoms with Crippen molar-refractivity contribution in [1.29, 1.82) is 0 Å². The highest BCUT2D eigenvalue weighted by atomic mass is 16.6. The number of piperidine rings is 1. The summed E-state index contributed by atoms with van der Waals surface area (Å²) in [7, 11) is 2.20. The molecule has 1 saturated heterocycles. The van der Waals surface area contributed by atoms with E-state index in [4.69, 9.17) is 4.74 Å². The molecule has 0 aliphatic carbocycles. The van der Waals surface area contributed by atoms with Crippen LogP contribution in [-0.2, 0) is 24.3 Å². The molecule has 2 aliphatic rings. The Hall–Kier alpha value is -2.33. The summed E-state index contributed by atoms with van der Waals surface area (Å²) in [6.07, 6.45) is 3.13. The van der Waals surface area contributed by atoms with E-state index in [0.717, 1.165) is 18.5 Å². The Balaban J connectivity index is 1.39. The number of rotatable bonds is 3. The largest absolute Gasteiger partial charge is 0.445 e. The number of fused-ring (bicyclic) bond motifs is 1. The van der Waals surface area contributed by atoms with E-state index >= 15 is 0 Å². The number of nitrogens with zero attached hydrogens (tertiary/aromatic N) is 2. The summed E-state index contributed by atoms with van der Waals surface area (Å²) in [6, 6.07) is 16.8. The van der Waals surface area contributed by atoms with Gasteiger partial charge in [-0.25, -0.2) is 4.79 Å². The number of hydrogen-bond acceptors (Lipinski definition) is 3. The summed E-state index contributed by atoms with van der Waals surface area (Å²) in [5, 5.41) is 0. The molecule has 0 aromatic heterocycles. The zero-order valence-electron chi connectivity index (χ0n) is 16.1. The Bertz CT molecular complexity index is 782. The van der Waals surface area contributed by atoms with Crippen LogP contribution in [0.25, 0.3) is 0 Å². The van der Waals surface area contributed by atoms with Crippen molar-refractivity contribution in [2.75, 3.05) is 26.7 Å². The van der Waals surface area contributed by atoms with Crippen LogP contribution in [0.5, 0.6) is 0 Å². The standard InChI is InChI=1S/C23H28N2O2/c1-24-12-9-20(10-13-24)21-8-7-19-11-14-25(16-22(19)15-21)23(26)27-17-18-5-3-2-4-6-18/h2-8,15,20H,9-14,16-17H2,1H3. The summed E-state index contributed by atoms with van der Waals surface area (Å²) in [5.74, 6) is 0.645. The van der Waals surface area contributed by atoms with Crippen molar-refractivity contribution in [3.63, 3.8) is 0 Å². The van der Waals surface area contributed by atoms with Crippen molar-refractivity contribution in [3.8, 4) is 0 Å². The van der Waals surface area contributed by atoms with E-state index in [1.165, 1.54) is 42.6 Å². The third-order valence-electron chi connectivity index (χ3n) is 5.90. The molecule has 2 aliphatic heterocycles. The first-order valence-electron chi connectivity index (χ1n) is 9.95. The summed E-state index contributed by atoms with van der Waals surface area (Å²) in [4.78, 5) is 16.7. The lowest BCUT2D eigenvalue weighted by atomic mass is 9.86. The number of carbonyl (C=O) groups is 1. The van der Waals surface area contributed by atoms with Gasteiger partial charge in [0.1, 0.15) is 6.61 Å². The molecule has 0 N–H and O–H groups in total. The van der Waals surface area contributed by atoms with Crippen molar-refractivity contribution < 1.29 is 9.53 Å². The monoisotopic (exact) mass is 364 g/mol. The molecule has 0 saturated carbocycles. The molecule has 4 heteroatoms. The van der Waals surface area contributed by atoms with Gasteiger partial charge in [-0.1, -0.05) is 48.5 Å². The molecule has 2 heterocycles. The summed E-state index contributed by atoms with van der Waals surface area (Å²) in [6.45, 7) is 4.05. The van der Waals surface area contributed by atoms with Crippen LogP contribution in [0.1, 0.15) is 41.0 Å². The van der Waals surface area contributed by atoms with Gasteiger partial charge in [0.2, 0.25) is 0 Å². The molecule has 142 valence electrons. The lowest BCUT2D eigenvalue weighted by molar-refractivity contribution is 0.0918. The average molecular weight is 364 g/mol. The molecule has 0 bridgehead atoms. The first-order chi connectivity index (χ1) is 13.2. The van der Waals surface area contributed by atoms with Gasteiger partial charge in [-0.15, -0.1) is 0 Å². The van der Waals surface area contributed by atoms with Crippen LogP contribution in [0.2, 0.25) is 0 Å². The maximum Gasteiger partial charge on any atom is 0.410 e. The van der Waals surface area contributed by atoms with Gasteiger partial charge in [-0.05, 0) is 67.6 Å². The molecular formula is C23H28N2O2. The van der Waals surface area contributed by atoms with Crippen molar-refractivity contribution >= 4 is 6.09 Å². The number of amides is 1. The van der Waals surface area contributed by atoms with Gasteiger partial charge in [-0.3, -0.25) is 0 Å². The molecule has 1 fully saturated rings. The van der Waals surface area contributed by atoms with Crippen LogP contribution in [0.4, 0.5) is 4.79 Å². The van der Waals surface area contributed by atoms with E-state index in [1.807, 2.05) is 35.2 Å². The summed E-state index contributed by atoms with van der Waals surface area (Å²) < 4.78 is 5.52. The highest BCUT2D eigenvalue weighted by molar-refractivity contribution is 5.68. The van der Waals surface area contributed by atoms with Crippen molar-refractivity contribution in [2.24, 2.45) is 0 Å². The molecule has 0 spiro atoms. The molecule has 2 aromatic rings. The minimum absolute atomic E-state index is 0.214. The van der Waals surface area contributed by atoms with Gasteiger partial charge < -0.3 is 14.5 Å². The lowest BCUT2D eigenvalue weighted by Gasteiger charge is -2.31. The molecule has 0 unspecified atom stereocenters. The lowest BCUT2D eigenvalue weighted by Crippen LogP contribution is -2.36. The topological polar surface area (TPSA) is 32.8 Å². The Morgan fingerprint density at radius 1 is 1.04 bits per heavy atom. The number of carbonyl (C=O) groups excluding carboxylic acids is 1. The van der Waals surface area contributed by atoms with Crippen molar-refractivity contribution in [1.82, 2.24) is 9.80 Å². The smallest absolute Gasteiger partial charge is 0.410 e. The van der Waals surface area contributed by atoms with Crippen LogP contribution in [-0.4, -0.2) is 42.6 Å². The minimum atomic E-state index is -0.214.